The van der Waals surface area contributed by atoms with E-state index in [-0.39, 0.29) is 16.5 Å². The molecule has 2 aromatic rings. The van der Waals surface area contributed by atoms with Crippen LogP contribution in [0.5, 0.6) is 0 Å². The van der Waals surface area contributed by atoms with Crippen molar-refractivity contribution in [3.63, 3.8) is 0 Å². The third-order valence-electron chi connectivity index (χ3n) is 4.32. The Balaban J connectivity index is 0.00000392. The average molecular weight is 419 g/mol. The summed E-state index contributed by atoms with van der Waals surface area (Å²) < 4.78 is 0. The van der Waals surface area contributed by atoms with Gasteiger partial charge < -0.3 is 0 Å². The molecule has 0 unspecified atom stereocenters. The maximum Gasteiger partial charge on any atom is 0.0848 e. The van der Waals surface area contributed by atoms with Gasteiger partial charge in [0.2, 0.25) is 0 Å². The Morgan fingerprint density at radius 3 is 1.93 bits per heavy atom. The fourth-order valence-electron chi connectivity index (χ4n) is 2.82. The molecule has 3 heteroatoms. The van der Waals surface area contributed by atoms with Crippen LogP contribution < -0.4 is 0 Å². The van der Waals surface area contributed by atoms with Crippen LogP contribution in [0.15, 0.2) is 82.8 Å². The van der Waals surface area contributed by atoms with Crippen LogP contribution in [0.1, 0.15) is 58.8 Å². The van der Waals surface area contributed by atoms with Crippen molar-refractivity contribution < 1.29 is 16.5 Å². The topological polar surface area (TPSA) is 24.7 Å². The molecule has 0 aliphatic rings. The van der Waals surface area contributed by atoms with Crippen molar-refractivity contribution in [3.05, 3.63) is 72.8 Å². The third-order valence-corrected chi connectivity index (χ3v) is 4.32. The number of hydrogen-bond acceptors (Lipinski definition) is 2. The van der Waals surface area contributed by atoms with Gasteiger partial charge in [0, 0.05) is 16.5 Å². The molecule has 0 heterocycles. The largest absolute Gasteiger partial charge is 0.251 e. The number of para-hydroxylation sites is 2. The zero-order chi connectivity index (χ0) is 19.2. The minimum atomic E-state index is 0. The van der Waals surface area contributed by atoms with Crippen molar-refractivity contribution in [1.29, 1.82) is 0 Å². The molecule has 0 aliphatic heterocycles. The summed E-state index contributed by atoms with van der Waals surface area (Å²) in [6.07, 6.45) is 12.4. The number of nitrogens with zero attached hydrogens (tertiary/aromatic N) is 2. The first kappa shape index (κ1) is 24.1. The molecule has 0 aliphatic carbocycles. The van der Waals surface area contributed by atoms with E-state index in [1.54, 1.807) is 0 Å². The SMILES string of the molecule is CCCC=CC(=Nc1ccccc1)C(CCCCCC)=Nc1ccccc1.[Ni]. The smallest absolute Gasteiger partial charge is 0.0848 e. The summed E-state index contributed by atoms with van der Waals surface area (Å²) in [4.78, 5) is 9.89. The second-order valence-corrected chi connectivity index (χ2v) is 6.73. The van der Waals surface area contributed by atoms with Crippen LogP contribution in [0.4, 0.5) is 11.4 Å². The Morgan fingerprint density at radius 2 is 1.36 bits per heavy atom. The Labute approximate surface area is 180 Å². The van der Waals surface area contributed by atoms with Gasteiger partial charge in [-0.2, -0.15) is 0 Å². The maximum atomic E-state index is 4.97. The molecule has 2 nitrogen and oxygen atoms in total. The van der Waals surface area contributed by atoms with Crippen molar-refractivity contribution in [2.45, 2.75) is 58.8 Å². The van der Waals surface area contributed by atoms with Gasteiger partial charge in [0.25, 0.3) is 0 Å². The van der Waals surface area contributed by atoms with Gasteiger partial charge >= 0.3 is 0 Å². The van der Waals surface area contributed by atoms with Crippen LogP contribution in [0.3, 0.4) is 0 Å². The number of hydrogen-bond donors (Lipinski definition) is 0. The van der Waals surface area contributed by atoms with Crippen molar-refractivity contribution in [3.8, 4) is 0 Å². The second kappa shape index (κ2) is 15.0. The minimum absolute atomic E-state index is 0. The summed E-state index contributed by atoms with van der Waals surface area (Å²) in [7, 11) is 0. The van der Waals surface area contributed by atoms with Crippen molar-refractivity contribution in [2.75, 3.05) is 0 Å². The zero-order valence-electron chi connectivity index (χ0n) is 17.1. The molecule has 28 heavy (non-hydrogen) atoms. The van der Waals surface area contributed by atoms with Crippen molar-refractivity contribution in [1.82, 2.24) is 0 Å². The summed E-state index contributed by atoms with van der Waals surface area (Å²) >= 11 is 0. The Bertz CT molecular complexity index is 734. The first-order chi connectivity index (χ1) is 13.3. The molecular formula is C25H32N2Ni. The van der Waals surface area contributed by atoms with E-state index in [4.69, 9.17) is 9.98 Å². The summed E-state index contributed by atoms with van der Waals surface area (Å²) in [6, 6.07) is 20.4. The predicted octanol–water partition coefficient (Wildman–Crippen LogP) is 7.86. The van der Waals surface area contributed by atoms with Crippen LogP contribution in [0.2, 0.25) is 0 Å². The van der Waals surface area contributed by atoms with Gasteiger partial charge in [-0.25, -0.2) is 4.99 Å². The van der Waals surface area contributed by atoms with Crippen LogP contribution in [0.25, 0.3) is 0 Å². The van der Waals surface area contributed by atoms with E-state index in [0.717, 1.165) is 48.5 Å². The zero-order valence-corrected chi connectivity index (χ0v) is 18.1. The predicted molar refractivity (Wildman–Crippen MR) is 120 cm³/mol. The molecule has 152 valence electrons. The molecular weight excluding hydrogens is 387 g/mol. The summed E-state index contributed by atoms with van der Waals surface area (Å²) in [6.45, 7) is 4.44. The second-order valence-electron chi connectivity index (χ2n) is 6.73. The van der Waals surface area contributed by atoms with Gasteiger partial charge in [0.1, 0.15) is 0 Å². The van der Waals surface area contributed by atoms with E-state index < -0.39 is 0 Å². The van der Waals surface area contributed by atoms with Crippen molar-refractivity contribution in [2.24, 2.45) is 9.98 Å². The molecule has 0 saturated heterocycles. The van der Waals surface area contributed by atoms with Gasteiger partial charge in [-0.15, -0.1) is 0 Å². The van der Waals surface area contributed by atoms with Gasteiger partial charge in [-0.3, -0.25) is 4.99 Å². The van der Waals surface area contributed by atoms with Crippen molar-refractivity contribution >= 4 is 22.8 Å². The molecule has 0 radical (unpaired) electrons. The molecule has 0 atom stereocenters. The molecule has 2 aromatic carbocycles. The van der Waals surface area contributed by atoms with Gasteiger partial charge in [-0.05, 0) is 49.6 Å². The molecule has 0 N–H and O–H groups in total. The standard InChI is InChI=1S/C25H32N2.Ni/c1-3-5-7-15-21-25(27-23-18-13-9-14-19-23)24(20-10-6-4-2)26-22-16-11-8-12-17-22;/h8-14,16-20H,3-7,15,21H2,1-2H3;. The molecule has 0 aromatic heterocycles. The summed E-state index contributed by atoms with van der Waals surface area (Å²) in [5, 5.41) is 0. The van der Waals surface area contributed by atoms with Crippen LogP contribution >= 0.6 is 0 Å². The van der Waals surface area contributed by atoms with Crippen LogP contribution in [0, 0.1) is 0 Å². The third kappa shape index (κ3) is 9.28. The first-order valence-corrected chi connectivity index (χ1v) is 10.3. The van der Waals surface area contributed by atoms with Gasteiger partial charge in [0.05, 0.1) is 22.8 Å². The van der Waals surface area contributed by atoms with E-state index in [1.165, 1.54) is 19.3 Å². The minimum Gasteiger partial charge on any atom is -0.251 e. The molecule has 2 rings (SSSR count). The number of benzene rings is 2. The number of unbranched alkanes of at least 4 members (excludes halogenated alkanes) is 4. The van der Waals surface area contributed by atoms with Crippen LogP contribution in [-0.2, 0) is 16.5 Å². The van der Waals surface area contributed by atoms with E-state index in [2.05, 4.69) is 38.1 Å². The van der Waals surface area contributed by atoms with E-state index in [1.807, 2.05) is 48.5 Å². The summed E-state index contributed by atoms with van der Waals surface area (Å²) in [5.74, 6) is 0. The molecule has 0 spiro atoms. The molecule has 0 amide bonds. The van der Waals surface area contributed by atoms with Gasteiger partial charge in [-0.1, -0.05) is 82.0 Å². The number of allylic oxidation sites excluding steroid dienone is 2. The van der Waals surface area contributed by atoms with E-state index in [9.17, 15) is 0 Å². The number of aliphatic imine (C=N–C) groups is 2. The number of rotatable bonds is 11. The fraction of sp³-hybridized carbons (Fsp3) is 0.360. The maximum absolute atomic E-state index is 4.97. The first-order valence-electron chi connectivity index (χ1n) is 10.3. The monoisotopic (exact) mass is 418 g/mol. The van der Waals surface area contributed by atoms with Gasteiger partial charge in [0.15, 0.2) is 0 Å². The Kier molecular flexibility index (Phi) is 12.9. The van der Waals surface area contributed by atoms with E-state index >= 15 is 0 Å². The normalized spacial score (nSPS) is 12.2. The Hall–Kier alpha value is -1.99. The molecule has 0 bridgehead atoms. The van der Waals surface area contributed by atoms with E-state index in [0.29, 0.717) is 0 Å². The quantitative estimate of drug-likeness (QED) is 0.201. The molecule has 0 saturated carbocycles. The Morgan fingerprint density at radius 1 is 0.750 bits per heavy atom. The molecule has 0 fully saturated rings. The average Bonchev–Trinajstić information content (AvgIpc) is 2.71. The fourth-order valence-corrected chi connectivity index (χ4v) is 2.82. The van der Waals surface area contributed by atoms with Crippen LogP contribution in [-0.4, -0.2) is 11.4 Å². The summed E-state index contributed by atoms with van der Waals surface area (Å²) in [5.41, 5.74) is 4.03.